The van der Waals surface area contributed by atoms with Crippen LogP contribution in [0.3, 0.4) is 0 Å². The zero-order valence-corrected chi connectivity index (χ0v) is 73.8. The lowest BCUT2D eigenvalue weighted by atomic mass is 9.98. The molecular formula is C108H64Cl4N12S4. The molecule has 20 heteroatoms. The van der Waals surface area contributed by atoms with Crippen molar-refractivity contribution in [3.05, 3.63) is 409 Å². The van der Waals surface area contributed by atoms with Crippen LogP contribution >= 0.6 is 91.8 Å². The lowest BCUT2D eigenvalue weighted by molar-refractivity contribution is 1.07. The zero-order valence-electron chi connectivity index (χ0n) is 67.5. The van der Waals surface area contributed by atoms with Gasteiger partial charge >= 0.3 is 0 Å². The normalized spacial score (nSPS) is 11.3. The monoisotopic (exact) mass is 1800 g/mol. The summed E-state index contributed by atoms with van der Waals surface area (Å²) in [6.07, 6.45) is 0. The maximum atomic E-state index is 6.27. The lowest BCUT2D eigenvalue weighted by Crippen LogP contribution is -1.97. The van der Waals surface area contributed by atoms with E-state index in [4.69, 9.17) is 56.4 Å². The Morgan fingerprint density at radius 3 is 0.875 bits per heavy atom. The first-order valence-corrected chi connectivity index (χ1v) is 45.7. The van der Waals surface area contributed by atoms with Gasteiger partial charge in [-0.25, -0.2) is 19.9 Å². The molecule has 0 radical (unpaired) electrons. The van der Waals surface area contributed by atoms with E-state index in [9.17, 15) is 0 Å². The van der Waals surface area contributed by atoms with E-state index in [1.807, 2.05) is 215 Å². The molecule has 0 aliphatic heterocycles. The summed E-state index contributed by atoms with van der Waals surface area (Å²) in [6.45, 7) is 0. The number of benzene rings is 16. The third-order valence-corrected chi connectivity index (χ3v) is 27.2. The first-order valence-electron chi connectivity index (χ1n) is 41.0. The molecule has 0 amide bonds. The third-order valence-electron chi connectivity index (χ3n) is 21.9. The Bertz CT molecular complexity index is 8280. The standard InChI is InChI=1S/4C27H16ClN3S/c28-27-30-25(17-8-2-1-3-9-17)29-26(31-27)19-11-6-10-18(16-19)20-13-7-14-22-21-12-4-5-15-23(21)32-24(20)22;28-27-30-25(17-8-2-1-3-9-17)29-26(31-27)19-11-6-10-18(16-19)20-13-7-15-23-24(20)21-12-4-5-14-22(21)32-23;28-27-30-25(17-7-2-1-3-8-17)29-26(31-27)20-10-6-9-18(15-20)19-13-14-24-22(16-19)21-11-4-5-12-23(21)32-24;28-27-30-25(17-7-2-1-3-8-17)29-26(31-27)20-10-6-9-18(15-20)19-13-14-22-21-11-4-5-12-23(21)32-24(22)16-19/h4*1-16H. The predicted octanol–water partition coefficient (Wildman–Crippen LogP) is 31.6. The number of rotatable bonds is 12. The highest BCUT2D eigenvalue weighted by molar-refractivity contribution is 7.27. The first kappa shape index (κ1) is 80.7. The maximum Gasteiger partial charge on any atom is 0.226 e. The Kier molecular flexibility index (Phi) is 22.6. The van der Waals surface area contributed by atoms with E-state index in [1.165, 1.54) is 91.8 Å². The van der Waals surface area contributed by atoms with Crippen LogP contribution in [0.1, 0.15) is 0 Å². The lowest BCUT2D eigenvalue weighted by Gasteiger charge is -2.08. The van der Waals surface area contributed by atoms with Crippen molar-refractivity contribution >= 4 is 172 Å². The van der Waals surface area contributed by atoms with Crippen molar-refractivity contribution in [2.24, 2.45) is 0 Å². The fourth-order valence-corrected chi connectivity index (χ4v) is 21.2. The Labute approximate surface area is 770 Å². The largest absolute Gasteiger partial charge is 0.226 e. The molecule has 608 valence electrons. The molecule has 0 bridgehead atoms. The molecular weight excluding hydrogens is 1740 g/mol. The van der Waals surface area contributed by atoms with Gasteiger partial charge in [-0.15, -0.1) is 45.3 Å². The van der Waals surface area contributed by atoms with E-state index in [1.54, 1.807) is 0 Å². The van der Waals surface area contributed by atoms with Crippen LogP contribution in [-0.4, -0.2) is 59.8 Å². The molecule has 0 N–H and O–H groups in total. The van der Waals surface area contributed by atoms with E-state index in [0.29, 0.717) is 46.6 Å². The molecule has 24 aromatic rings. The summed E-state index contributed by atoms with van der Waals surface area (Å²) >= 11 is 32.3. The summed E-state index contributed by atoms with van der Waals surface area (Å²) in [5, 5.41) is 11.1. The highest BCUT2D eigenvalue weighted by atomic mass is 35.5. The van der Waals surface area contributed by atoms with Crippen LogP contribution < -0.4 is 0 Å². The predicted molar refractivity (Wildman–Crippen MR) is 536 cm³/mol. The molecule has 0 saturated heterocycles. The van der Waals surface area contributed by atoms with Crippen molar-refractivity contribution in [1.82, 2.24) is 59.8 Å². The summed E-state index contributed by atoms with van der Waals surface area (Å²) in [4.78, 5) is 53.6. The quantitative estimate of drug-likeness (QED) is 0.114. The van der Waals surface area contributed by atoms with E-state index in [0.717, 1.165) is 77.9 Å². The molecule has 0 atom stereocenters. The van der Waals surface area contributed by atoms with Crippen molar-refractivity contribution in [3.8, 4) is 136 Å². The molecule has 128 heavy (non-hydrogen) atoms. The minimum absolute atomic E-state index is 0.185. The van der Waals surface area contributed by atoms with E-state index < -0.39 is 0 Å². The Morgan fingerprint density at radius 2 is 0.414 bits per heavy atom. The first-order chi connectivity index (χ1) is 63.0. The Balaban J connectivity index is 0.000000104. The van der Waals surface area contributed by atoms with Crippen molar-refractivity contribution in [2.75, 3.05) is 0 Å². The van der Waals surface area contributed by atoms with E-state index in [2.05, 4.69) is 268 Å². The molecule has 0 fully saturated rings. The Morgan fingerprint density at radius 1 is 0.148 bits per heavy atom. The molecule has 8 aromatic heterocycles. The number of hydrogen-bond donors (Lipinski definition) is 0. The number of thiophene rings is 4. The fraction of sp³-hybridized carbons (Fsp3) is 0. The van der Waals surface area contributed by atoms with Gasteiger partial charge in [-0.05, 0) is 164 Å². The molecule has 12 nitrogen and oxygen atoms in total. The number of hydrogen-bond acceptors (Lipinski definition) is 16. The summed E-state index contributed by atoms with van der Waals surface area (Å²) in [6, 6.07) is 133. The summed E-state index contributed by atoms with van der Waals surface area (Å²) < 4.78 is 10.3. The van der Waals surface area contributed by atoms with Crippen LogP contribution in [-0.2, 0) is 0 Å². The number of aromatic nitrogens is 12. The molecule has 0 aliphatic carbocycles. The minimum Gasteiger partial charge on any atom is -0.208 e. The van der Waals surface area contributed by atoms with E-state index in [-0.39, 0.29) is 21.1 Å². The van der Waals surface area contributed by atoms with Crippen LogP contribution in [0.2, 0.25) is 21.1 Å². The molecule has 16 aromatic carbocycles. The number of nitrogens with zero attached hydrogens (tertiary/aromatic N) is 12. The highest BCUT2D eigenvalue weighted by Gasteiger charge is 2.20. The average molecular weight is 1800 g/mol. The average Bonchev–Trinajstić information content (AvgIpc) is 1.61. The maximum absolute atomic E-state index is 6.27. The van der Waals surface area contributed by atoms with Gasteiger partial charge in [0.15, 0.2) is 46.6 Å². The topological polar surface area (TPSA) is 155 Å². The van der Waals surface area contributed by atoms with Crippen LogP contribution in [0.4, 0.5) is 0 Å². The van der Waals surface area contributed by atoms with Gasteiger partial charge in [-0.1, -0.05) is 315 Å². The van der Waals surface area contributed by atoms with Crippen LogP contribution in [0, 0.1) is 0 Å². The van der Waals surface area contributed by atoms with Crippen molar-refractivity contribution < 1.29 is 0 Å². The molecule has 0 spiro atoms. The smallest absolute Gasteiger partial charge is 0.208 e. The molecule has 24 rings (SSSR count). The summed E-state index contributed by atoms with van der Waals surface area (Å²) in [5.74, 6) is 4.52. The van der Waals surface area contributed by atoms with Gasteiger partial charge < -0.3 is 0 Å². The molecule has 8 heterocycles. The second kappa shape index (κ2) is 35.9. The molecule has 0 unspecified atom stereocenters. The van der Waals surface area contributed by atoms with E-state index >= 15 is 0 Å². The van der Waals surface area contributed by atoms with Crippen LogP contribution in [0.15, 0.2) is 388 Å². The molecule has 0 saturated carbocycles. The van der Waals surface area contributed by atoms with Crippen molar-refractivity contribution in [3.63, 3.8) is 0 Å². The van der Waals surface area contributed by atoms with Crippen LogP contribution in [0.25, 0.3) is 216 Å². The number of halogens is 4. The Hall–Kier alpha value is -14.4. The summed E-state index contributed by atoms with van der Waals surface area (Å²) in [5.41, 5.74) is 16.4. The van der Waals surface area contributed by atoms with Crippen molar-refractivity contribution in [1.29, 1.82) is 0 Å². The second-order valence-corrected chi connectivity index (χ2v) is 35.6. The third kappa shape index (κ3) is 17.0. The van der Waals surface area contributed by atoms with Crippen molar-refractivity contribution in [2.45, 2.75) is 0 Å². The highest BCUT2D eigenvalue weighted by Crippen LogP contribution is 2.45. The van der Waals surface area contributed by atoms with Gasteiger partial charge in [0.05, 0.1) is 0 Å². The fourth-order valence-electron chi connectivity index (χ4n) is 15.9. The van der Waals surface area contributed by atoms with Gasteiger partial charge in [-0.2, -0.15) is 39.9 Å². The van der Waals surface area contributed by atoms with Crippen LogP contribution in [0.5, 0.6) is 0 Å². The van der Waals surface area contributed by atoms with Gasteiger partial charge in [0.1, 0.15) is 0 Å². The zero-order chi connectivity index (χ0) is 86.0. The van der Waals surface area contributed by atoms with Gasteiger partial charge in [-0.3, -0.25) is 0 Å². The SMILES string of the molecule is Clc1nc(-c2ccccc2)nc(-c2cccc(-c3ccc4c(c3)sc3ccccc34)c2)n1.Clc1nc(-c2ccccc2)nc(-c2cccc(-c3ccc4sc5ccccc5c4c3)c2)n1.Clc1nc(-c2ccccc2)nc(-c2cccc(-c3cccc4c3sc3ccccc34)c2)n1.Clc1nc(-c2ccccc2)nc(-c2cccc(-c3cccc4sc5ccccc5c34)c2)n1. The molecule has 0 aliphatic rings. The van der Waals surface area contributed by atoms with Gasteiger partial charge in [0.2, 0.25) is 21.1 Å². The summed E-state index contributed by atoms with van der Waals surface area (Å²) in [7, 11) is 0. The van der Waals surface area contributed by atoms with Gasteiger partial charge in [0.25, 0.3) is 0 Å². The minimum atomic E-state index is 0.185. The second-order valence-electron chi connectivity index (χ2n) is 30.0. The number of fused-ring (bicyclic) bond motifs is 12. The van der Waals surface area contributed by atoms with Gasteiger partial charge in [0, 0.05) is 125 Å².